The Kier molecular flexibility index (Phi) is 2.83. The normalized spacial score (nSPS) is 23.2. The SMILES string of the molecule is CCCC1=C(CO)C(O)OC1=O. The molecule has 4 heteroatoms. The largest absolute Gasteiger partial charge is 0.428 e. The van der Waals surface area contributed by atoms with Gasteiger partial charge in [0.1, 0.15) is 0 Å². The van der Waals surface area contributed by atoms with Crippen molar-refractivity contribution in [2.45, 2.75) is 26.1 Å². The summed E-state index contributed by atoms with van der Waals surface area (Å²) in [5, 5.41) is 17.9. The number of esters is 1. The molecule has 1 aliphatic heterocycles. The van der Waals surface area contributed by atoms with Crippen LogP contribution in [0.25, 0.3) is 0 Å². The molecule has 2 N–H and O–H groups in total. The topological polar surface area (TPSA) is 66.8 Å². The fraction of sp³-hybridized carbons (Fsp3) is 0.625. The first-order chi connectivity index (χ1) is 5.70. The maximum Gasteiger partial charge on any atom is 0.336 e. The van der Waals surface area contributed by atoms with E-state index in [9.17, 15) is 4.79 Å². The molecule has 1 atom stereocenters. The molecule has 0 saturated carbocycles. The second-order valence-electron chi connectivity index (χ2n) is 2.67. The Labute approximate surface area is 70.5 Å². The van der Waals surface area contributed by atoms with Gasteiger partial charge >= 0.3 is 5.97 Å². The van der Waals surface area contributed by atoms with Crippen LogP contribution in [-0.2, 0) is 9.53 Å². The summed E-state index contributed by atoms with van der Waals surface area (Å²) < 4.78 is 4.51. The number of aliphatic hydroxyl groups is 2. The standard InChI is InChI=1S/C8H12O4/c1-2-3-5-6(4-9)8(11)12-7(5)10/h8-9,11H,2-4H2,1H3. The lowest BCUT2D eigenvalue weighted by molar-refractivity contribution is -0.152. The predicted octanol–water partition coefficient (Wildman–Crippen LogP) is -0.0494. The Bertz CT molecular complexity index is 219. The Morgan fingerprint density at radius 2 is 2.25 bits per heavy atom. The summed E-state index contributed by atoms with van der Waals surface area (Å²) >= 11 is 0. The van der Waals surface area contributed by atoms with Gasteiger partial charge in [-0.15, -0.1) is 0 Å². The maximum atomic E-state index is 11.0. The van der Waals surface area contributed by atoms with E-state index in [0.29, 0.717) is 17.6 Å². The highest BCUT2D eigenvalue weighted by atomic mass is 16.6. The monoisotopic (exact) mass is 172 g/mol. The van der Waals surface area contributed by atoms with Crippen LogP contribution in [0.15, 0.2) is 11.1 Å². The molecule has 0 aromatic heterocycles. The summed E-state index contributed by atoms with van der Waals surface area (Å²) in [5.74, 6) is -0.506. The average molecular weight is 172 g/mol. The predicted molar refractivity (Wildman–Crippen MR) is 41.1 cm³/mol. The summed E-state index contributed by atoms with van der Waals surface area (Å²) in [6.07, 6.45) is 0.107. The van der Waals surface area contributed by atoms with E-state index >= 15 is 0 Å². The highest BCUT2D eigenvalue weighted by molar-refractivity contribution is 5.92. The van der Waals surface area contributed by atoms with E-state index < -0.39 is 12.3 Å². The van der Waals surface area contributed by atoms with Crippen molar-refractivity contribution in [3.63, 3.8) is 0 Å². The molecule has 0 aromatic carbocycles. The summed E-state index contributed by atoms with van der Waals surface area (Å²) in [4.78, 5) is 11.0. The van der Waals surface area contributed by atoms with Gasteiger partial charge in [0.05, 0.1) is 6.61 Å². The molecule has 1 unspecified atom stereocenters. The van der Waals surface area contributed by atoms with Crippen LogP contribution in [0, 0.1) is 0 Å². The fourth-order valence-corrected chi connectivity index (χ4v) is 1.21. The maximum absolute atomic E-state index is 11.0. The Morgan fingerprint density at radius 3 is 2.75 bits per heavy atom. The minimum absolute atomic E-state index is 0.307. The number of rotatable bonds is 3. The van der Waals surface area contributed by atoms with E-state index in [1.165, 1.54) is 0 Å². The minimum Gasteiger partial charge on any atom is -0.428 e. The van der Waals surface area contributed by atoms with Crippen LogP contribution in [0.5, 0.6) is 0 Å². The molecule has 12 heavy (non-hydrogen) atoms. The number of carbonyl (C=O) groups excluding carboxylic acids is 1. The van der Waals surface area contributed by atoms with E-state index in [-0.39, 0.29) is 6.61 Å². The van der Waals surface area contributed by atoms with E-state index in [2.05, 4.69) is 4.74 Å². The number of ether oxygens (including phenoxy) is 1. The van der Waals surface area contributed by atoms with E-state index in [1.54, 1.807) is 0 Å². The van der Waals surface area contributed by atoms with Crippen molar-refractivity contribution in [1.82, 2.24) is 0 Å². The van der Waals surface area contributed by atoms with E-state index in [0.717, 1.165) is 6.42 Å². The van der Waals surface area contributed by atoms with Crippen molar-refractivity contribution >= 4 is 5.97 Å². The first-order valence-corrected chi connectivity index (χ1v) is 3.92. The smallest absolute Gasteiger partial charge is 0.336 e. The molecule has 1 aliphatic rings. The average Bonchev–Trinajstić information content (AvgIpc) is 2.28. The van der Waals surface area contributed by atoms with Gasteiger partial charge < -0.3 is 14.9 Å². The van der Waals surface area contributed by atoms with Crippen LogP contribution in [0.1, 0.15) is 19.8 Å². The highest BCUT2D eigenvalue weighted by Gasteiger charge is 2.30. The minimum atomic E-state index is -1.23. The van der Waals surface area contributed by atoms with Crippen LogP contribution in [-0.4, -0.2) is 29.1 Å². The molecule has 0 aromatic rings. The fourth-order valence-electron chi connectivity index (χ4n) is 1.21. The van der Waals surface area contributed by atoms with Crippen LogP contribution < -0.4 is 0 Å². The Balaban J connectivity index is 2.85. The molecule has 0 bridgehead atoms. The molecule has 0 fully saturated rings. The van der Waals surface area contributed by atoms with Crippen molar-refractivity contribution in [1.29, 1.82) is 0 Å². The summed E-state index contributed by atoms with van der Waals surface area (Å²) in [6.45, 7) is 1.60. The summed E-state index contributed by atoms with van der Waals surface area (Å²) in [6, 6.07) is 0. The molecule has 0 radical (unpaired) electrons. The van der Waals surface area contributed by atoms with Gasteiger partial charge in [-0.3, -0.25) is 0 Å². The van der Waals surface area contributed by atoms with Crippen LogP contribution in [0.2, 0.25) is 0 Å². The number of aliphatic hydroxyl groups excluding tert-OH is 2. The number of cyclic esters (lactones) is 1. The van der Waals surface area contributed by atoms with Gasteiger partial charge in [0, 0.05) is 11.1 Å². The summed E-state index contributed by atoms with van der Waals surface area (Å²) in [7, 11) is 0. The van der Waals surface area contributed by atoms with Gasteiger partial charge in [-0.1, -0.05) is 13.3 Å². The molecule has 4 nitrogen and oxygen atoms in total. The van der Waals surface area contributed by atoms with Crippen molar-refractivity contribution in [3.8, 4) is 0 Å². The van der Waals surface area contributed by atoms with Crippen molar-refractivity contribution in [3.05, 3.63) is 11.1 Å². The number of hydrogen-bond acceptors (Lipinski definition) is 4. The van der Waals surface area contributed by atoms with Crippen LogP contribution in [0.4, 0.5) is 0 Å². The molecular formula is C8H12O4. The third kappa shape index (κ3) is 1.49. The Morgan fingerprint density at radius 1 is 1.58 bits per heavy atom. The van der Waals surface area contributed by atoms with Gasteiger partial charge in [-0.2, -0.15) is 0 Å². The lowest BCUT2D eigenvalue weighted by Crippen LogP contribution is -2.11. The van der Waals surface area contributed by atoms with Crippen molar-refractivity contribution in [2.75, 3.05) is 6.61 Å². The Hall–Kier alpha value is -0.870. The quantitative estimate of drug-likeness (QED) is 0.586. The molecule has 1 heterocycles. The first kappa shape index (κ1) is 9.22. The van der Waals surface area contributed by atoms with Gasteiger partial charge in [0.15, 0.2) is 0 Å². The van der Waals surface area contributed by atoms with E-state index in [4.69, 9.17) is 10.2 Å². The highest BCUT2D eigenvalue weighted by Crippen LogP contribution is 2.23. The zero-order valence-electron chi connectivity index (χ0n) is 6.91. The van der Waals surface area contributed by atoms with Crippen molar-refractivity contribution in [2.24, 2.45) is 0 Å². The zero-order valence-corrected chi connectivity index (χ0v) is 6.91. The number of carbonyl (C=O) groups is 1. The molecule has 0 saturated heterocycles. The second-order valence-corrected chi connectivity index (χ2v) is 2.67. The van der Waals surface area contributed by atoms with Gasteiger partial charge in [0.25, 0.3) is 0 Å². The van der Waals surface area contributed by atoms with E-state index in [1.807, 2.05) is 6.92 Å². The van der Waals surface area contributed by atoms with Gasteiger partial charge in [0.2, 0.25) is 6.29 Å². The van der Waals surface area contributed by atoms with Gasteiger partial charge in [-0.25, -0.2) is 4.79 Å². The van der Waals surface area contributed by atoms with Crippen LogP contribution >= 0.6 is 0 Å². The third-order valence-corrected chi connectivity index (χ3v) is 1.82. The lowest BCUT2D eigenvalue weighted by Gasteiger charge is -2.02. The number of hydrogen-bond donors (Lipinski definition) is 2. The molecule has 0 spiro atoms. The van der Waals surface area contributed by atoms with Crippen molar-refractivity contribution < 1.29 is 19.7 Å². The zero-order chi connectivity index (χ0) is 9.14. The molecule has 0 amide bonds. The molecule has 1 rings (SSSR count). The molecule has 68 valence electrons. The van der Waals surface area contributed by atoms with Gasteiger partial charge in [-0.05, 0) is 6.42 Å². The molecule has 0 aliphatic carbocycles. The van der Waals surface area contributed by atoms with Crippen LogP contribution in [0.3, 0.4) is 0 Å². The second kappa shape index (κ2) is 3.69. The third-order valence-electron chi connectivity index (χ3n) is 1.82. The first-order valence-electron chi connectivity index (χ1n) is 3.92. The molecular weight excluding hydrogens is 160 g/mol. The summed E-state index contributed by atoms with van der Waals surface area (Å²) in [5.41, 5.74) is 0.731. The lowest BCUT2D eigenvalue weighted by atomic mass is 10.1.